The average Bonchev–Trinajstić information content (AvgIpc) is 2.96. The van der Waals surface area contributed by atoms with Crippen molar-refractivity contribution in [3.05, 3.63) is 40.9 Å². The van der Waals surface area contributed by atoms with Gasteiger partial charge in [-0.2, -0.15) is 13.9 Å². The molecule has 0 spiro atoms. The monoisotopic (exact) mass is 355 g/mol. The Morgan fingerprint density at radius 2 is 2.25 bits per heavy atom. The largest absolute Gasteiger partial charge is 0.466 e. The molecule has 9 heteroatoms. The molecule has 0 amide bonds. The first kappa shape index (κ1) is 17.8. The lowest BCUT2D eigenvalue weighted by molar-refractivity contribution is -0.142. The predicted molar refractivity (Wildman–Crippen MR) is 86.7 cm³/mol. The van der Waals surface area contributed by atoms with Crippen LogP contribution in [0.3, 0.4) is 0 Å². The van der Waals surface area contributed by atoms with Crippen LogP contribution in [0.5, 0.6) is 5.75 Å². The molecule has 0 radical (unpaired) electrons. The third-order valence-electron chi connectivity index (χ3n) is 2.68. The zero-order chi connectivity index (χ0) is 17.4. The van der Waals surface area contributed by atoms with Gasteiger partial charge in [-0.15, -0.1) is 11.3 Å². The number of aromatic nitrogens is 1. The number of carbonyl (C=O) groups excluding carboxylic acids is 1. The lowest BCUT2D eigenvalue weighted by Gasteiger charge is -2.06. The Kier molecular flexibility index (Phi) is 6.62. The molecule has 6 nitrogen and oxygen atoms in total. The van der Waals surface area contributed by atoms with Gasteiger partial charge in [0, 0.05) is 10.9 Å². The number of anilines is 1. The van der Waals surface area contributed by atoms with Gasteiger partial charge >= 0.3 is 12.6 Å². The summed E-state index contributed by atoms with van der Waals surface area (Å²) >= 11 is 1.26. The lowest BCUT2D eigenvalue weighted by Crippen LogP contribution is -2.07. The van der Waals surface area contributed by atoms with Crippen molar-refractivity contribution >= 4 is 28.7 Å². The summed E-state index contributed by atoms with van der Waals surface area (Å²) in [5.41, 5.74) is 3.65. The minimum atomic E-state index is -2.91. The first-order valence-corrected chi connectivity index (χ1v) is 7.89. The standard InChI is InChI=1S/C15H15F2N3O3S/c1-2-22-13(21)7-11-9-24-15(19-11)20-18-8-10-5-3-4-6-12(10)23-14(16)17/h3-6,8-9,14H,2,7H2,1H3,(H,19,20). The lowest BCUT2D eigenvalue weighted by atomic mass is 10.2. The molecule has 24 heavy (non-hydrogen) atoms. The minimum Gasteiger partial charge on any atom is -0.466 e. The van der Waals surface area contributed by atoms with Gasteiger partial charge in [0.1, 0.15) is 5.75 Å². The molecule has 0 aliphatic rings. The molecule has 2 aromatic rings. The van der Waals surface area contributed by atoms with Gasteiger partial charge in [0.2, 0.25) is 5.13 Å². The summed E-state index contributed by atoms with van der Waals surface area (Å²) in [6, 6.07) is 6.29. The Hall–Kier alpha value is -2.55. The molecule has 1 aromatic carbocycles. The van der Waals surface area contributed by atoms with E-state index in [1.807, 2.05) is 0 Å². The number of hydrogen-bond acceptors (Lipinski definition) is 7. The number of para-hydroxylation sites is 1. The molecule has 0 unspecified atom stereocenters. The topological polar surface area (TPSA) is 72.8 Å². The van der Waals surface area contributed by atoms with Crippen LogP contribution < -0.4 is 10.2 Å². The number of nitrogens with one attached hydrogen (secondary N) is 1. The Morgan fingerprint density at radius 3 is 3.00 bits per heavy atom. The second-order valence-corrected chi connectivity index (χ2v) is 5.27. The number of carbonyl (C=O) groups is 1. The third kappa shape index (κ3) is 5.58. The number of nitrogens with zero attached hydrogens (tertiary/aromatic N) is 2. The second kappa shape index (κ2) is 8.92. The molecule has 0 fully saturated rings. The fourth-order valence-electron chi connectivity index (χ4n) is 1.75. The zero-order valence-corrected chi connectivity index (χ0v) is 13.6. The predicted octanol–water partition coefficient (Wildman–Crippen LogP) is 3.30. The van der Waals surface area contributed by atoms with Gasteiger partial charge in [0.15, 0.2) is 0 Å². The molecular formula is C15H15F2N3O3S. The number of rotatable bonds is 8. The van der Waals surface area contributed by atoms with Crippen LogP contribution in [0, 0.1) is 0 Å². The van der Waals surface area contributed by atoms with Gasteiger partial charge < -0.3 is 9.47 Å². The first-order valence-electron chi connectivity index (χ1n) is 7.01. The van der Waals surface area contributed by atoms with Crippen LogP contribution in [0.4, 0.5) is 13.9 Å². The number of esters is 1. The van der Waals surface area contributed by atoms with Gasteiger partial charge in [-0.1, -0.05) is 12.1 Å². The summed E-state index contributed by atoms with van der Waals surface area (Å²) in [6.45, 7) is -0.855. The molecule has 128 valence electrons. The normalized spacial score (nSPS) is 11.0. The van der Waals surface area contributed by atoms with Crippen molar-refractivity contribution in [2.45, 2.75) is 20.0 Å². The summed E-state index contributed by atoms with van der Waals surface area (Å²) in [5, 5.41) is 6.12. The molecule has 0 saturated heterocycles. The highest BCUT2D eigenvalue weighted by Gasteiger charge is 2.09. The van der Waals surface area contributed by atoms with Crippen LogP contribution >= 0.6 is 11.3 Å². The van der Waals surface area contributed by atoms with Crippen molar-refractivity contribution in [3.63, 3.8) is 0 Å². The number of hydrazone groups is 1. The maximum Gasteiger partial charge on any atom is 0.387 e. The summed E-state index contributed by atoms with van der Waals surface area (Å²) in [4.78, 5) is 15.5. The molecular weight excluding hydrogens is 340 g/mol. The van der Waals surface area contributed by atoms with Crippen molar-refractivity contribution in [3.8, 4) is 5.75 Å². The molecule has 2 rings (SSSR count). The van der Waals surface area contributed by atoms with Crippen LogP contribution in [-0.2, 0) is 16.0 Å². The Balaban J connectivity index is 1.95. The summed E-state index contributed by atoms with van der Waals surface area (Å²) in [7, 11) is 0. The van der Waals surface area contributed by atoms with Crippen LogP contribution in [0.1, 0.15) is 18.2 Å². The van der Waals surface area contributed by atoms with E-state index in [9.17, 15) is 13.6 Å². The van der Waals surface area contributed by atoms with Gasteiger partial charge in [-0.05, 0) is 19.1 Å². The number of alkyl halides is 2. The molecule has 1 heterocycles. The van der Waals surface area contributed by atoms with Crippen molar-refractivity contribution in [1.82, 2.24) is 4.98 Å². The van der Waals surface area contributed by atoms with Crippen molar-refractivity contribution in [1.29, 1.82) is 0 Å². The second-order valence-electron chi connectivity index (χ2n) is 4.41. The third-order valence-corrected chi connectivity index (χ3v) is 3.48. The Labute approximate surface area is 141 Å². The number of ether oxygens (including phenoxy) is 2. The quantitative estimate of drug-likeness (QED) is 0.447. The van der Waals surface area contributed by atoms with Crippen LogP contribution in [0.15, 0.2) is 34.7 Å². The summed E-state index contributed by atoms with van der Waals surface area (Å²) < 4.78 is 33.9. The van der Waals surface area contributed by atoms with E-state index < -0.39 is 6.61 Å². The average molecular weight is 355 g/mol. The van der Waals surface area contributed by atoms with E-state index in [1.54, 1.807) is 30.5 Å². The number of benzene rings is 1. The fourth-order valence-corrected chi connectivity index (χ4v) is 2.41. The number of thiazole rings is 1. The van der Waals surface area contributed by atoms with Gasteiger partial charge in [0.25, 0.3) is 0 Å². The van der Waals surface area contributed by atoms with Crippen LogP contribution in [0.2, 0.25) is 0 Å². The molecule has 1 aromatic heterocycles. The summed E-state index contributed by atoms with van der Waals surface area (Å²) in [5.74, 6) is -0.323. The highest BCUT2D eigenvalue weighted by Crippen LogP contribution is 2.19. The molecule has 0 aliphatic carbocycles. The fraction of sp³-hybridized carbons (Fsp3) is 0.267. The minimum absolute atomic E-state index is 0.0280. The highest BCUT2D eigenvalue weighted by molar-refractivity contribution is 7.13. The van der Waals surface area contributed by atoms with E-state index >= 15 is 0 Å². The summed E-state index contributed by atoms with van der Waals surface area (Å²) in [6.07, 6.45) is 1.44. The van der Waals surface area contributed by atoms with E-state index in [2.05, 4.69) is 20.2 Å². The smallest absolute Gasteiger partial charge is 0.387 e. The molecule has 1 N–H and O–H groups in total. The van der Waals surface area contributed by atoms with E-state index in [0.717, 1.165) is 0 Å². The van der Waals surface area contributed by atoms with E-state index in [1.165, 1.54) is 23.6 Å². The maximum absolute atomic E-state index is 12.3. The van der Waals surface area contributed by atoms with Crippen LogP contribution in [-0.4, -0.2) is 30.4 Å². The Morgan fingerprint density at radius 1 is 1.46 bits per heavy atom. The molecule has 0 aliphatic heterocycles. The van der Waals surface area contributed by atoms with E-state index in [4.69, 9.17) is 4.74 Å². The van der Waals surface area contributed by atoms with E-state index in [0.29, 0.717) is 23.0 Å². The van der Waals surface area contributed by atoms with Gasteiger partial charge in [-0.3, -0.25) is 10.2 Å². The van der Waals surface area contributed by atoms with Crippen molar-refractivity contribution in [2.24, 2.45) is 5.10 Å². The number of halogens is 2. The molecule has 0 bridgehead atoms. The van der Waals surface area contributed by atoms with Gasteiger partial charge in [-0.25, -0.2) is 4.98 Å². The Bertz CT molecular complexity index is 707. The molecule has 0 saturated carbocycles. The molecule has 0 atom stereocenters. The van der Waals surface area contributed by atoms with Crippen molar-refractivity contribution in [2.75, 3.05) is 12.0 Å². The maximum atomic E-state index is 12.3. The SMILES string of the molecule is CCOC(=O)Cc1csc(NN=Cc2ccccc2OC(F)F)n1. The van der Waals surface area contributed by atoms with E-state index in [-0.39, 0.29) is 18.1 Å². The first-order chi connectivity index (χ1) is 11.6. The van der Waals surface area contributed by atoms with Crippen LogP contribution in [0.25, 0.3) is 0 Å². The van der Waals surface area contributed by atoms with Gasteiger partial charge in [0.05, 0.1) is 24.9 Å². The highest BCUT2D eigenvalue weighted by atomic mass is 32.1. The van der Waals surface area contributed by atoms with Crippen molar-refractivity contribution < 1.29 is 23.0 Å². The zero-order valence-electron chi connectivity index (χ0n) is 12.7. The number of hydrogen-bond donors (Lipinski definition) is 1.